The highest BCUT2D eigenvalue weighted by atomic mass is 16.5. The molecule has 0 radical (unpaired) electrons. The van der Waals surface area contributed by atoms with Crippen molar-refractivity contribution in [3.8, 4) is 11.5 Å². The third-order valence-electron chi connectivity index (χ3n) is 5.40. The second-order valence-corrected chi connectivity index (χ2v) is 7.20. The van der Waals surface area contributed by atoms with E-state index in [0.29, 0.717) is 11.5 Å². The molecule has 0 saturated carbocycles. The fraction of sp³-hybridized carbons (Fsp3) is 0.192. The van der Waals surface area contributed by atoms with E-state index in [0.717, 1.165) is 28.0 Å². The standard InChI is InChI=1S/C26H25NO4/c1-4-31-25(28)26(19-13-9-6-10-14-19)17-21(18-11-7-5-8-12-18)24-22(27-26)15-20(29-2)16-23(24)30-3/h5-17,27H,4H2,1-3H3. The zero-order valence-electron chi connectivity index (χ0n) is 17.8. The molecular weight excluding hydrogens is 390 g/mol. The molecule has 0 fully saturated rings. The molecule has 0 aromatic heterocycles. The van der Waals surface area contributed by atoms with Crippen LogP contribution in [0.5, 0.6) is 11.5 Å². The zero-order valence-corrected chi connectivity index (χ0v) is 17.8. The number of benzene rings is 3. The van der Waals surface area contributed by atoms with E-state index in [2.05, 4.69) is 5.32 Å². The first-order valence-corrected chi connectivity index (χ1v) is 10.2. The minimum absolute atomic E-state index is 0.276. The molecule has 5 heteroatoms. The summed E-state index contributed by atoms with van der Waals surface area (Å²) in [7, 11) is 3.23. The topological polar surface area (TPSA) is 56.8 Å². The smallest absolute Gasteiger partial charge is 0.340 e. The minimum Gasteiger partial charge on any atom is -0.497 e. The van der Waals surface area contributed by atoms with Gasteiger partial charge in [-0.15, -0.1) is 0 Å². The van der Waals surface area contributed by atoms with Crippen LogP contribution >= 0.6 is 0 Å². The highest BCUT2D eigenvalue weighted by molar-refractivity contribution is 6.01. The Balaban J connectivity index is 2.05. The van der Waals surface area contributed by atoms with Crippen molar-refractivity contribution in [3.63, 3.8) is 0 Å². The lowest BCUT2D eigenvalue weighted by Gasteiger charge is -2.37. The lowest BCUT2D eigenvalue weighted by atomic mass is 9.80. The summed E-state index contributed by atoms with van der Waals surface area (Å²) in [6.45, 7) is 2.08. The minimum atomic E-state index is -1.20. The molecule has 31 heavy (non-hydrogen) atoms. The van der Waals surface area contributed by atoms with Gasteiger partial charge in [-0.25, -0.2) is 4.79 Å². The van der Waals surface area contributed by atoms with Crippen LogP contribution in [0.2, 0.25) is 0 Å². The largest absolute Gasteiger partial charge is 0.497 e. The maximum atomic E-state index is 13.4. The Hall–Kier alpha value is -3.73. The first kappa shape index (κ1) is 20.5. The van der Waals surface area contributed by atoms with Gasteiger partial charge in [0.1, 0.15) is 11.5 Å². The molecule has 5 nitrogen and oxygen atoms in total. The number of methoxy groups -OCH3 is 2. The van der Waals surface area contributed by atoms with E-state index < -0.39 is 5.54 Å². The Morgan fingerprint density at radius 3 is 2.23 bits per heavy atom. The zero-order chi connectivity index (χ0) is 21.8. The number of ether oxygens (including phenoxy) is 3. The molecule has 0 bridgehead atoms. The number of fused-ring (bicyclic) bond motifs is 1. The molecule has 4 rings (SSSR count). The summed E-state index contributed by atoms with van der Waals surface area (Å²) in [5.74, 6) is 0.910. The normalized spacial score (nSPS) is 17.1. The number of anilines is 1. The van der Waals surface area contributed by atoms with E-state index in [4.69, 9.17) is 14.2 Å². The first-order chi connectivity index (χ1) is 15.1. The highest BCUT2D eigenvalue weighted by Gasteiger charge is 2.44. The average molecular weight is 415 g/mol. The van der Waals surface area contributed by atoms with E-state index in [1.165, 1.54) is 0 Å². The molecule has 3 aromatic carbocycles. The average Bonchev–Trinajstić information content (AvgIpc) is 2.83. The lowest BCUT2D eigenvalue weighted by Crippen LogP contribution is -2.45. The van der Waals surface area contributed by atoms with Crippen molar-refractivity contribution in [2.75, 3.05) is 26.1 Å². The van der Waals surface area contributed by atoms with Gasteiger partial charge in [0.2, 0.25) is 0 Å². The molecule has 1 N–H and O–H groups in total. The van der Waals surface area contributed by atoms with Crippen LogP contribution in [0.25, 0.3) is 5.57 Å². The molecule has 3 aromatic rings. The maximum absolute atomic E-state index is 13.4. The van der Waals surface area contributed by atoms with E-state index in [1.54, 1.807) is 21.1 Å². The van der Waals surface area contributed by atoms with Crippen molar-refractivity contribution < 1.29 is 19.0 Å². The molecule has 0 amide bonds. The molecule has 1 aliphatic rings. The molecule has 1 unspecified atom stereocenters. The molecule has 158 valence electrons. The van der Waals surface area contributed by atoms with Crippen LogP contribution in [-0.2, 0) is 15.1 Å². The monoisotopic (exact) mass is 415 g/mol. The molecule has 0 aliphatic carbocycles. The molecule has 0 saturated heterocycles. The Labute approximate surface area is 182 Å². The van der Waals surface area contributed by atoms with Gasteiger partial charge in [-0.3, -0.25) is 0 Å². The van der Waals surface area contributed by atoms with Crippen molar-refractivity contribution in [2.45, 2.75) is 12.5 Å². The SMILES string of the molecule is CCOC(=O)C1(c2ccccc2)C=C(c2ccccc2)c2c(cc(OC)cc2OC)N1. The molecule has 1 atom stereocenters. The van der Waals surface area contributed by atoms with Crippen LogP contribution in [-0.4, -0.2) is 26.8 Å². The van der Waals surface area contributed by atoms with Crippen LogP contribution in [0.3, 0.4) is 0 Å². The summed E-state index contributed by atoms with van der Waals surface area (Å²) in [4.78, 5) is 13.4. The van der Waals surface area contributed by atoms with Gasteiger partial charge in [0.05, 0.1) is 26.5 Å². The quantitative estimate of drug-likeness (QED) is 0.573. The summed E-state index contributed by atoms with van der Waals surface area (Å²) in [6.07, 6.45) is 1.94. The van der Waals surface area contributed by atoms with Crippen molar-refractivity contribution in [2.24, 2.45) is 0 Å². The van der Waals surface area contributed by atoms with Crippen LogP contribution < -0.4 is 14.8 Å². The third kappa shape index (κ3) is 3.63. The number of hydrogen-bond donors (Lipinski definition) is 1. The number of carbonyl (C=O) groups excluding carboxylic acids is 1. The van der Waals surface area contributed by atoms with Crippen LogP contribution in [0.15, 0.2) is 78.9 Å². The number of carbonyl (C=O) groups is 1. The maximum Gasteiger partial charge on any atom is 0.340 e. The lowest BCUT2D eigenvalue weighted by molar-refractivity contribution is -0.147. The summed E-state index contributed by atoms with van der Waals surface area (Å²) >= 11 is 0. The number of esters is 1. The Morgan fingerprint density at radius 2 is 1.61 bits per heavy atom. The highest BCUT2D eigenvalue weighted by Crippen LogP contribution is 2.47. The van der Waals surface area contributed by atoms with E-state index in [1.807, 2.05) is 78.9 Å². The van der Waals surface area contributed by atoms with Crippen molar-refractivity contribution >= 4 is 17.2 Å². The molecule has 0 spiro atoms. The van der Waals surface area contributed by atoms with E-state index in [9.17, 15) is 4.79 Å². The van der Waals surface area contributed by atoms with Gasteiger partial charge in [0.25, 0.3) is 0 Å². The number of nitrogens with one attached hydrogen (secondary N) is 1. The summed E-state index contributed by atoms with van der Waals surface area (Å²) in [5, 5.41) is 3.45. The predicted molar refractivity (Wildman–Crippen MR) is 121 cm³/mol. The van der Waals surface area contributed by atoms with Crippen LogP contribution in [0, 0.1) is 0 Å². The molecule has 1 aliphatic heterocycles. The van der Waals surface area contributed by atoms with Gasteiger partial charge in [0.15, 0.2) is 5.54 Å². The second kappa shape index (κ2) is 8.56. The van der Waals surface area contributed by atoms with Crippen LogP contribution in [0.1, 0.15) is 23.6 Å². The van der Waals surface area contributed by atoms with Crippen molar-refractivity contribution in [1.82, 2.24) is 0 Å². The third-order valence-corrected chi connectivity index (χ3v) is 5.40. The fourth-order valence-electron chi connectivity index (χ4n) is 3.96. The molecule has 1 heterocycles. The fourth-order valence-corrected chi connectivity index (χ4v) is 3.96. The van der Waals surface area contributed by atoms with Crippen LogP contribution in [0.4, 0.5) is 5.69 Å². The van der Waals surface area contributed by atoms with E-state index >= 15 is 0 Å². The second-order valence-electron chi connectivity index (χ2n) is 7.20. The van der Waals surface area contributed by atoms with Crippen molar-refractivity contribution in [1.29, 1.82) is 0 Å². The summed E-state index contributed by atoms with van der Waals surface area (Å²) < 4.78 is 16.7. The Morgan fingerprint density at radius 1 is 0.935 bits per heavy atom. The Bertz CT molecular complexity index is 1110. The molecular formula is C26H25NO4. The summed E-state index contributed by atoms with van der Waals surface area (Å²) in [5.41, 5.74) is 3.03. The van der Waals surface area contributed by atoms with E-state index in [-0.39, 0.29) is 12.6 Å². The predicted octanol–water partition coefficient (Wildman–Crippen LogP) is 5.02. The van der Waals surface area contributed by atoms with Gasteiger partial charge >= 0.3 is 5.97 Å². The van der Waals surface area contributed by atoms with Gasteiger partial charge in [0, 0.05) is 17.7 Å². The van der Waals surface area contributed by atoms with Gasteiger partial charge in [-0.2, -0.15) is 0 Å². The van der Waals surface area contributed by atoms with Gasteiger partial charge in [-0.05, 0) is 29.7 Å². The van der Waals surface area contributed by atoms with Crippen molar-refractivity contribution in [3.05, 3.63) is 95.6 Å². The first-order valence-electron chi connectivity index (χ1n) is 10.2. The number of hydrogen-bond acceptors (Lipinski definition) is 5. The van der Waals surface area contributed by atoms with Gasteiger partial charge in [-0.1, -0.05) is 60.7 Å². The number of rotatable bonds is 6. The Kier molecular flexibility index (Phi) is 5.67. The van der Waals surface area contributed by atoms with Gasteiger partial charge < -0.3 is 19.5 Å². The summed E-state index contributed by atoms with van der Waals surface area (Å²) in [6, 6.07) is 23.3.